The predicted octanol–water partition coefficient (Wildman–Crippen LogP) is -0.369. The van der Waals surface area contributed by atoms with E-state index in [0.29, 0.717) is 0 Å². The van der Waals surface area contributed by atoms with E-state index in [4.69, 9.17) is 5.11 Å². The van der Waals surface area contributed by atoms with Gasteiger partial charge in [0.2, 0.25) is 0 Å². The number of aromatic nitrogens is 4. The van der Waals surface area contributed by atoms with Gasteiger partial charge in [-0.05, 0) is 13.8 Å². The first kappa shape index (κ1) is 13.1. The van der Waals surface area contributed by atoms with Gasteiger partial charge >= 0.3 is 11.7 Å². The largest absolute Gasteiger partial charge is 0.481 e. The van der Waals surface area contributed by atoms with Crippen LogP contribution in [0.25, 0.3) is 11.2 Å². The average Bonchev–Trinajstić information content (AvgIpc) is 2.54. The van der Waals surface area contributed by atoms with Gasteiger partial charge in [0.15, 0.2) is 11.2 Å². The fourth-order valence-corrected chi connectivity index (χ4v) is 2.04. The van der Waals surface area contributed by atoms with E-state index in [2.05, 4.69) is 9.97 Å². The maximum atomic E-state index is 11.8. The number of rotatable bonds is 3. The molecule has 19 heavy (non-hydrogen) atoms. The van der Waals surface area contributed by atoms with Crippen LogP contribution in [0, 0.1) is 0 Å². The van der Waals surface area contributed by atoms with Crippen molar-refractivity contribution in [2.75, 3.05) is 0 Å². The minimum Gasteiger partial charge on any atom is -0.481 e. The number of nitrogens with one attached hydrogen (secondary N) is 1. The lowest BCUT2D eigenvalue weighted by Gasteiger charge is -2.09. The Labute approximate surface area is 107 Å². The van der Waals surface area contributed by atoms with E-state index in [0.717, 1.165) is 0 Å². The number of nitrogens with zero attached hydrogens (tertiary/aromatic N) is 3. The minimum atomic E-state index is -1.05. The monoisotopic (exact) mass is 266 g/mol. The highest BCUT2D eigenvalue weighted by Gasteiger charge is 2.18. The highest BCUT2D eigenvalue weighted by molar-refractivity contribution is 5.74. The molecule has 0 spiro atoms. The van der Waals surface area contributed by atoms with Crippen molar-refractivity contribution in [3.05, 3.63) is 26.7 Å². The molecule has 0 aliphatic heterocycles. The molecule has 0 aliphatic rings. The van der Waals surface area contributed by atoms with Crippen molar-refractivity contribution in [1.82, 2.24) is 19.1 Å². The van der Waals surface area contributed by atoms with Gasteiger partial charge in [0.25, 0.3) is 5.56 Å². The molecule has 2 rings (SSSR count). The molecular weight excluding hydrogens is 252 g/mol. The molecule has 0 fully saturated rings. The molecule has 102 valence electrons. The van der Waals surface area contributed by atoms with Crippen molar-refractivity contribution in [1.29, 1.82) is 0 Å². The zero-order valence-electron chi connectivity index (χ0n) is 10.8. The van der Waals surface area contributed by atoms with E-state index < -0.39 is 17.2 Å². The molecule has 0 amide bonds. The summed E-state index contributed by atoms with van der Waals surface area (Å²) in [6.07, 6.45) is -0.309. The maximum Gasteiger partial charge on any atom is 0.330 e. The molecule has 0 bridgehead atoms. The summed E-state index contributed by atoms with van der Waals surface area (Å²) in [7, 11) is 1.55. The molecule has 0 saturated heterocycles. The van der Waals surface area contributed by atoms with E-state index in [9.17, 15) is 14.4 Å². The fourth-order valence-electron chi connectivity index (χ4n) is 2.04. The lowest BCUT2D eigenvalue weighted by Crippen LogP contribution is -2.31. The molecule has 2 heterocycles. The van der Waals surface area contributed by atoms with Gasteiger partial charge in [-0.15, -0.1) is 0 Å². The Morgan fingerprint density at radius 1 is 1.42 bits per heavy atom. The first-order chi connectivity index (χ1) is 8.82. The molecule has 0 aliphatic carbocycles. The summed E-state index contributed by atoms with van der Waals surface area (Å²) >= 11 is 0. The lowest BCUT2D eigenvalue weighted by atomic mass is 10.4. The third-order valence-electron chi connectivity index (χ3n) is 2.88. The topological polar surface area (TPSA) is 110 Å². The first-order valence-electron chi connectivity index (χ1n) is 5.74. The van der Waals surface area contributed by atoms with Gasteiger partial charge in [-0.3, -0.25) is 19.1 Å². The van der Waals surface area contributed by atoms with E-state index in [1.54, 1.807) is 20.9 Å². The second-order valence-electron chi connectivity index (χ2n) is 4.55. The van der Waals surface area contributed by atoms with Crippen LogP contribution in [-0.4, -0.2) is 30.2 Å². The van der Waals surface area contributed by atoms with E-state index in [-0.39, 0.29) is 29.5 Å². The number of fused-ring (bicyclic) bond motifs is 1. The maximum absolute atomic E-state index is 11.8. The highest BCUT2D eigenvalue weighted by Crippen LogP contribution is 2.13. The van der Waals surface area contributed by atoms with Gasteiger partial charge in [-0.1, -0.05) is 0 Å². The van der Waals surface area contributed by atoms with Gasteiger partial charge in [-0.25, -0.2) is 9.78 Å². The third kappa shape index (κ3) is 2.05. The van der Waals surface area contributed by atoms with Crippen LogP contribution in [0.5, 0.6) is 0 Å². The Bertz CT molecular complexity index is 765. The second kappa shape index (κ2) is 4.38. The molecule has 8 nitrogen and oxygen atoms in total. The standard InChI is InChI=1S/C11H14N4O4/c1-5(2)15-9-8(10(18)13-11(15)19)14(3)6(12-9)4-7(16)17/h5H,4H2,1-3H3,(H,16,17)(H,13,18,19). The molecule has 0 radical (unpaired) electrons. The summed E-state index contributed by atoms with van der Waals surface area (Å²) in [5.41, 5.74) is -0.705. The summed E-state index contributed by atoms with van der Waals surface area (Å²) in [6.45, 7) is 3.56. The van der Waals surface area contributed by atoms with Crippen LogP contribution in [0.4, 0.5) is 0 Å². The SMILES string of the molecule is CC(C)n1c(=O)[nH]c(=O)c2c1nc(CC(=O)O)n2C. The number of H-pyrrole nitrogens is 1. The van der Waals surface area contributed by atoms with Crippen molar-refractivity contribution in [2.24, 2.45) is 7.05 Å². The van der Waals surface area contributed by atoms with Gasteiger partial charge in [0.05, 0.1) is 0 Å². The van der Waals surface area contributed by atoms with Crippen molar-refractivity contribution >= 4 is 17.1 Å². The molecule has 2 N–H and O–H groups in total. The number of imidazole rings is 1. The van der Waals surface area contributed by atoms with Crippen molar-refractivity contribution in [3.8, 4) is 0 Å². The number of carboxylic acids is 1. The van der Waals surface area contributed by atoms with Crippen LogP contribution in [0.2, 0.25) is 0 Å². The van der Waals surface area contributed by atoms with Crippen LogP contribution >= 0.6 is 0 Å². The smallest absolute Gasteiger partial charge is 0.330 e. The zero-order valence-corrected chi connectivity index (χ0v) is 10.8. The van der Waals surface area contributed by atoms with Crippen LogP contribution in [0.1, 0.15) is 25.7 Å². The quantitative estimate of drug-likeness (QED) is 0.787. The van der Waals surface area contributed by atoms with Crippen LogP contribution in [0.3, 0.4) is 0 Å². The molecule has 0 saturated carbocycles. The number of hydrogen-bond donors (Lipinski definition) is 2. The molecule has 0 aromatic carbocycles. The van der Waals surface area contributed by atoms with Crippen LogP contribution in [-0.2, 0) is 18.3 Å². The van der Waals surface area contributed by atoms with E-state index in [1.807, 2.05) is 0 Å². The minimum absolute atomic E-state index is 0.195. The Kier molecular flexibility index (Phi) is 3.01. The lowest BCUT2D eigenvalue weighted by molar-refractivity contribution is -0.136. The molecule has 0 atom stereocenters. The molecule has 2 aromatic heterocycles. The Morgan fingerprint density at radius 2 is 2.05 bits per heavy atom. The number of aromatic amines is 1. The van der Waals surface area contributed by atoms with E-state index in [1.165, 1.54) is 9.13 Å². The normalized spacial score (nSPS) is 11.4. The summed E-state index contributed by atoms with van der Waals surface area (Å²) in [5, 5.41) is 8.81. The molecular formula is C11H14N4O4. The highest BCUT2D eigenvalue weighted by atomic mass is 16.4. The van der Waals surface area contributed by atoms with Crippen LogP contribution < -0.4 is 11.2 Å². The van der Waals surface area contributed by atoms with Gasteiger partial charge in [0.1, 0.15) is 12.2 Å². The Balaban J connectivity index is 2.89. The molecule has 2 aromatic rings. The number of aryl methyl sites for hydroxylation is 1. The summed E-state index contributed by atoms with van der Waals surface area (Å²) in [4.78, 5) is 40.7. The Hall–Kier alpha value is -2.38. The number of carboxylic acid groups (broad SMARTS) is 1. The van der Waals surface area contributed by atoms with Crippen molar-refractivity contribution in [2.45, 2.75) is 26.3 Å². The number of carbonyl (C=O) groups is 1. The molecule has 8 heteroatoms. The first-order valence-corrected chi connectivity index (χ1v) is 5.74. The van der Waals surface area contributed by atoms with Gasteiger partial charge < -0.3 is 9.67 Å². The van der Waals surface area contributed by atoms with Gasteiger partial charge in [0, 0.05) is 13.1 Å². The van der Waals surface area contributed by atoms with Crippen molar-refractivity contribution in [3.63, 3.8) is 0 Å². The molecule has 0 unspecified atom stereocenters. The fraction of sp³-hybridized carbons (Fsp3) is 0.455. The predicted molar refractivity (Wildman–Crippen MR) is 67.3 cm³/mol. The summed E-state index contributed by atoms with van der Waals surface area (Å²) < 4.78 is 2.74. The third-order valence-corrected chi connectivity index (χ3v) is 2.88. The van der Waals surface area contributed by atoms with Gasteiger partial charge in [-0.2, -0.15) is 0 Å². The van der Waals surface area contributed by atoms with E-state index >= 15 is 0 Å². The van der Waals surface area contributed by atoms with Crippen molar-refractivity contribution < 1.29 is 9.90 Å². The second-order valence-corrected chi connectivity index (χ2v) is 4.55. The number of aliphatic carboxylic acids is 1. The number of hydrogen-bond acceptors (Lipinski definition) is 4. The van der Waals surface area contributed by atoms with Crippen LogP contribution in [0.15, 0.2) is 9.59 Å². The Morgan fingerprint density at radius 3 is 2.58 bits per heavy atom. The zero-order chi connectivity index (χ0) is 14.3. The average molecular weight is 266 g/mol. The summed E-state index contributed by atoms with van der Waals surface area (Å²) in [6, 6.07) is -0.195. The summed E-state index contributed by atoms with van der Waals surface area (Å²) in [5.74, 6) is -0.818.